The van der Waals surface area contributed by atoms with Crippen LogP contribution in [0.25, 0.3) is 0 Å². The summed E-state index contributed by atoms with van der Waals surface area (Å²) in [6.07, 6.45) is -0.948. The summed E-state index contributed by atoms with van der Waals surface area (Å²) in [7, 11) is 0. The lowest BCUT2D eigenvalue weighted by atomic mass is 10.2. The molecule has 1 heterocycles. The van der Waals surface area contributed by atoms with Gasteiger partial charge in [0.15, 0.2) is 6.10 Å². The zero-order valence-corrected chi connectivity index (χ0v) is 5.43. The maximum Gasteiger partial charge on any atom is 0.166 e. The Hall–Kier alpha value is -0.850. The van der Waals surface area contributed by atoms with Crippen LogP contribution in [0.3, 0.4) is 0 Å². The Morgan fingerprint density at radius 2 is 2.56 bits per heavy atom. The fourth-order valence-corrected chi connectivity index (χ4v) is 1.18. The molecule has 46 valence electrons. The molecule has 3 heteroatoms. The molecule has 0 radical (unpaired) electrons. The van der Waals surface area contributed by atoms with E-state index in [1.54, 1.807) is 17.5 Å². The Balaban J connectivity index is 2.80. The molecule has 0 spiro atoms. The van der Waals surface area contributed by atoms with Crippen LogP contribution in [0.2, 0.25) is 0 Å². The zero-order valence-electron chi connectivity index (χ0n) is 4.61. The van der Waals surface area contributed by atoms with Crippen LogP contribution >= 0.6 is 11.3 Å². The molecule has 1 atom stereocenters. The topological polar surface area (TPSA) is 44.0 Å². The van der Waals surface area contributed by atoms with Crippen molar-refractivity contribution in [3.05, 3.63) is 22.4 Å². The lowest BCUT2D eigenvalue weighted by Crippen LogP contribution is -1.88. The highest BCUT2D eigenvalue weighted by molar-refractivity contribution is 7.07. The van der Waals surface area contributed by atoms with Gasteiger partial charge in [-0.05, 0) is 16.8 Å². The first kappa shape index (κ1) is 6.27. The van der Waals surface area contributed by atoms with Gasteiger partial charge in [-0.3, -0.25) is 0 Å². The van der Waals surface area contributed by atoms with E-state index >= 15 is 0 Å². The summed E-state index contributed by atoms with van der Waals surface area (Å²) in [4.78, 5) is 0. The predicted molar refractivity (Wildman–Crippen MR) is 34.9 cm³/mol. The van der Waals surface area contributed by atoms with Crippen molar-refractivity contribution in [1.29, 1.82) is 5.26 Å². The van der Waals surface area contributed by atoms with Crippen LogP contribution in [0, 0.1) is 11.3 Å². The van der Waals surface area contributed by atoms with E-state index in [9.17, 15) is 0 Å². The second-order valence-corrected chi connectivity index (χ2v) is 2.37. The minimum absolute atomic E-state index is 0.683. The van der Waals surface area contributed by atoms with Crippen LogP contribution in [0.15, 0.2) is 16.8 Å². The van der Waals surface area contributed by atoms with E-state index in [0.29, 0.717) is 5.56 Å². The van der Waals surface area contributed by atoms with Crippen LogP contribution in [0.1, 0.15) is 11.7 Å². The number of rotatable bonds is 1. The number of aliphatic hydroxyl groups excluding tert-OH is 1. The lowest BCUT2D eigenvalue weighted by molar-refractivity contribution is 0.236. The van der Waals surface area contributed by atoms with Crippen molar-refractivity contribution in [3.8, 4) is 6.07 Å². The Morgan fingerprint density at radius 1 is 1.78 bits per heavy atom. The summed E-state index contributed by atoms with van der Waals surface area (Å²) in [5.74, 6) is 0. The molecule has 0 amide bonds. The summed E-state index contributed by atoms with van der Waals surface area (Å²) in [5.41, 5.74) is 0.683. The second kappa shape index (κ2) is 2.62. The van der Waals surface area contributed by atoms with Crippen molar-refractivity contribution in [2.75, 3.05) is 0 Å². The van der Waals surface area contributed by atoms with Crippen molar-refractivity contribution in [2.45, 2.75) is 6.10 Å². The molecule has 0 bridgehead atoms. The third kappa shape index (κ3) is 1.28. The molecule has 0 unspecified atom stereocenters. The molecular formula is C6H5NOS. The maximum atomic E-state index is 8.86. The Kier molecular flexibility index (Phi) is 1.83. The summed E-state index contributed by atoms with van der Waals surface area (Å²) in [6.45, 7) is 0. The lowest BCUT2D eigenvalue weighted by Gasteiger charge is -1.92. The monoisotopic (exact) mass is 139 g/mol. The molecule has 1 rings (SSSR count). The van der Waals surface area contributed by atoms with Gasteiger partial charge in [-0.25, -0.2) is 0 Å². The largest absolute Gasteiger partial charge is 0.374 e. The van der Waals surface area contributed by atoms with E-state index in [1.165, 1.54) is 11.3 Å². The Morgan fingerprint density at radius 3 is 3.00 bits per heavy atom. The molecule has 0 aliphatic rings. The van der Waals surface area contributed by atoms with Crippen LogP contribution < -0.4 is 0 Å². The van der Waals surface area contributed by atoms with Crippen molar-refractivity contribution in [1.82, 2.24) is 0 Å². The summed E-state index contributed by atoms with van der Waals surface area (Å²) in [5, 5.41) is 20.7. The Labute approximate surface area is 57.0 Å². The van der Waals surface area contributed by atoms with Crippen LogP contribution in [-0.4, -0.2) is 5.11 Å². The third-order valence-electron chi connectivity index (χ3n) is 0.981. The number of nitrogens with zero attached hydrogens (tertiary/aromatic N) is 1. The van der Waals surface area contributed by atoms with Gasteiger partial charge >= 0.3 is 0 Å². The molecule has 2 nitrogen and oxygen atoms in total. The summed E-state index contributed by atoms with van der Waals surface area (Å²) >= 11 is 1.47. The first-order chi connectivity index (χ1) is 4.34. The van der Waals surface area contributed by atoms with Gasteiger partial charge in [0, 0.05) is 5.56 Å². The normalized spacial score (nSPS) is 12.4. The molecule has 0 saturated carbocycles. The number of hydrogen-bond donors (Lipinski definition) is 1. The van der Waals surface area contributed by atoms with Crippen molar-refractivity contribution in [3.63, 3.8) is 0 Å². The van der Waals surface area contributed by atoms with Gasteiger partial charge in [0.1, 0.15) is 0 Å². The fourth-order valence-electron chi connectivity index (χ4n) is 0.505. The first-order valence-electron chi connectivity index (χ1n) is 2.44. The van der Waals surface area contributed by atoms with Crippen LogP contribution in [0.5, 0.6) is 0 Å². The number of aliphatic hydroxyl groups is 1. The average molecular weight is 139 g/mol. The highest BCUT2D eigenvalue weighted by Crippen LogP contribution is 2.14. The predicted octanol–water partition coefficient (Wildman–Crippen LogP) is 1.31. The quantitative estimate of drug-likeness (QED) is 0.596. The van der Waals surface area contributed by atoms with E-state index in [0.717, 1.165) is 0 Å². The van der Waals surface area contributed by atoms with Gasteiger partial charge in [0.05, 0.1) is 6.07 Å². The molecule has 0 aliphatic heterocycles. The van der Waals surface area contributed by atoms with Gasteiger partial charge in [0.2, 0.25) is 0 Å². The van der Waals surface area contributed by atoms with Crippen molar-refractivity contribution in [2.24, 2.45) is 0 Å². The molecule has 0 fully saturated rings. The molecule has 1 N–H and O–H groups in total. The van der Waals surface area contributed by atoms with E-state index in [-0.39, 0.29) is 0 Å². The molecule has 1 aromatic heterocycles. The van der Waals surface area contributed by atoms with Gasteiger partial charge in [-0.15, -0.1) is 0 Å². The number of nitriles is 1. The molecule has 1 aromatic rings. The minimum atomic E-state index is -0.948. The van der Waals surface area contributed by atoms with Gasteiger partial charge < -0.3 is 5.11 Å². The van der Waals surface area contributed by atoms with Gasteiger partial charge in [0.25, 0.3) is 0 Å². The van der Waals surface area contributed by atoms with Crippen LogP contribution in [0.4, 0.5) is 0 Å². The minimum Gasteiger partial charge on any atom is -0.374 e. The van der Waals surface area contributed by atoms with Gasteiger partial charge in [-0.1, -0.05) is 0 Å². The third-order valence-corrected chi connectivity index (χ3v) is 1.68. The van der Waals surface area contributed by atoms with E-state index in [4.69, 9.17) is 10.4 Å². The highest BCUT2D eigenvalue weighted by atomic mass is 32.1. The first-order valence-corrected chi connectivity index (χ1v) is 3.38. The summed E-state index contributed by atoms with van der Waals surface area (Å²) in [6, 6.07) is 3.46. The van der Waals surface area contributed by atoms with E-state index in [1.807, 2.05) is 5.38 Å². The van der Waals surface area contributed by atoms with Crippen LogP contribution in [-0.2, 0) is 0 Å². The molecular weight excluding hydrogens is 134 g/mol. The standard InChI is InChI=1S/C6H5NOS/c7-3-6(8)5-1-2-9-4-5/h1-2,4,6,8H/t6-/m1/s1. The summed E-state index contributed by atoms with van der Waals surface area (Å²) < 4.78 is 0. The molecule has 0 aromatic carbocycles. The molecule has 0 saturated heterocycles. The van der Waals surface area contributed by atoms with Crippen molar-refractivity contribution < 1.29 is 5.11 Å². The second-order valence-electron chi connectivity index (χ2n) is 1.59. The average Bonchev–Trinajstić information content (AvgIpc) is 2.37. The number of thiophene rings is 1. The maximum absolute atomic E-state index is 8.86. The van der Waals surface area contributed by atoms with Gasteiger partial charge in [-0.2, -0.15) is 16.6 Å². The molecule has 0 aliphatic carbocycles. The van der Waals surface area contributed by atoms with Crippen molar-refractivity contribution >= 4 is 11.3 Å². The SMILES string of the molecule is N#C[C@@H](O)c1ccsc1. The smallest absolute Gasteiger partial charge is 0.166 e. The number of hydrogen-bond acceptors (Lipinski definition) is 3. The fraction of sp³-hybridized carbons (Fsp3) is 0.167. The molecule has 9 heavy (non-hydrogen) atoms. The zero-order chi connectivity index (χ0) is 6.69. The van der Waals surface area contributed by atoms with E-state index in [2.05, 4.69) is 0 Å². The van der Waals surface area contributed by atoms with E-state index < -0.39 is 6.10 Å². The highest BCUT2D eigenvalue weighted by Gasteiger charge is 2.03. The Bertz CT molecular complexity index is 211.